The molecule has 0 radical (unpaired) electrons. The average Bonchev–Trinajstić information content (AvgIpc) is 3.16. The number of likely N-dealkylation sites (N-methyl/N-ethyl adjacent to an activating group) is 4. The Hall–Kier alpha value is -4.73. The molecule has 21 heteroatoms. The molecule has 0 atom stereocenters. The molecule has 0 bridgehead atoms. The highest BCUT2D eigenvalue weighted by atomic mass is 16.4. The molecular weight excluding hydrogens is 774 g/mol. The lowest BCUT2D eigenvalue weighted by molar-refractivity contribution is -0.144. The third-order valence-electron chi connectivity index (χ3n) is 9.39. The maximum Gasteiger partial charge on any atom is 0.317 e. The summed E-state index contributed by atoms with van der Waals surface area (Å²) in [6.45, 7) is 6.74. The number of aliphatic carboxylic acids is 3. The van der Waals surface area contributed by atoms with Crippen molar-refractivity contribution in [1.29, 1.82) is 0 Å². The molecular formula is C38H69N9O12. The van der Waals surface area contributed by atoms with Crippen LogP contribution in [0.4, 0.5) is 0 Å². The molecule has 0 aromatic heterocycles. The minimum Gasteiger partial charge on any atom is -0.480 e. The number of hydrogen-bond donors (Lipinski definition) is 4. The molecule has 59 heavy (non-hydrogen) atoms. The van der Waals surface area contributed by atoms with Gasteiger partial charge in [0.05, 0.1) is 52.4 Å². The lowest BCUT2D eigenvalue weighted by Crippen LogP contribution is -2.49. The van der Waals surface area contributed by atoms with E-state index in [9.17, 15) is 58.5 Å². The first-order chi connectivity index (χ1) is 27.8. The first-order valence-corrected chi connectivity index (χ1v) is 20.1. The Balaban J connectivity index is 0.0000165. The van der Waals surface area contributed by atoms with Gasteiger partial charge in [0.15, 0.2) is 5.78 Å². The second-order valence-corrected chi connectivity index (χ2v) is 14.3. The molecule has 21 nitrogen and oxygen atoms in total. The molecule has 0 unspecified atom stereocenters. The van der Waals surface area contributed by atoms with Gasteiger partial charge in [0.1, 0.15) is 0 Å². The number of ketones is 1. The molecule has 0 aromatic carbocycles. The molecule has 0 aliphatic carbocycles. The number of amides is 5. The van der Waals surface area contributed by atoms with Crippen molar-refractivity contribution in [1.82, 2.24) is 44.5 Å². The Bertz CT molecular complexity index is 1350. The maximum absolute atomic E-state index is 12.9. The van der Waals surface area contributed by atoms with Crippen LogP contribution in [0.15, 0.2) is 0 Å². The highest BCUT2D eigenvalue weighted by Crippen LogP contribution is 2.05. The van der Waals surface area contributed by atoms with Crippen LogP contribution in [0.25, 0.3) is 0 Å². The molecule has 4 N–H and O–H groups in total. The molecule has 0 spiro atoms. The van der Waals surface area contributed by atoms with Crippen molar-refractivity contribution in [2.45, 2.75) is 52.9 Å². The van der Waals surface area contributed by atoms with Crippen molar-refractivity contribution >= 4 is 53.2 Å². The highest BCUT2D eigenvalue weighted by Gasteiger charge is 2.23. The molecule has 5 amide bonds. The molecule has 0 aromatic rings. The van der Waals surface area contributed by atoms with Crippen LogP contribution in [0.3, 0.4) is 0 Å². The Labute approximate surface area is 348 Å². The molecule has 1 aliphatic rings. The smallest absolute Gasteiger partial charge is 0.317 e. The largest absolute Gasteiger partial charge is 0.480 e. The van der Waals surface area contributed by atoms with E-state index < -0.39 is 35.6 Å². The van der Waals surface area contributed by atoms with Gasteiger partial charge in [0.25, 0.3) is 0 Å². The lowest BCUT2D eigenvalue weighted by Gasteiger charge is -2.32. The predicted molar refractivity (Wildman–Crippen MR) is 217 cm³/mol. The van der Waals surface area contributed by atoms with Crippen LogP contribution in [0.1, 0.15) is 52.9 Å². The van der Waals surface area contributed by atoms with E-state index in [0.717, 1.165) is 0 Å². The van der Waals surface area contributed by atoms with Gasteiger partial charge >= 0.3 is 17.9 Å². The summed E-state index contributed by atoms with van der Waals surface area (Å²) < 4.78 is 0. The monoisotopic (exact) mass is 844 g/mol. The maximum atomic E-state index is 12.9. The van der Waals surface area contributed by atoms with Crippen molar-refractivity contribution < 1.29 is 58.5 Å². The van der Waals surface area contributed by atoms with Crippen LogP contribution in [-0.4, -0.2) is 247 Å². The fourth-order valence-corrected chi connectivity index (χ4v) is 5.74. The summed E-state index contributed by atoms with van der Waals surface area (Å²) in [6.07, 6.45) is 2.17. The number of hydrogen-bond acceptors (Lipinski definition) is 13. The van der Waals surface area contributed by atoms with Gasteiger partial charge < -0.3 is 40.2 Å². The fourth-order valence-electron chi connectivity index (χ4n) is 5.74. The van der Waals surface area contributed by atoms with Crippen molar-refractivity contribution in [2.24, 2.45) is 0 Å². The summed E-state index contributed by atoms with van der Waals surface area (Å²) in [5, 5.41) is 31.0. The van der Waals surface area contributed by atoms with E-state index in [2.05, 4.69) is 5.32 Å². The van der Waals surface area contributed by atoms with Crippen LogP contribution in [-0.2, 0) is 43.2 Å². The molecule has 1 fully saturated rings. The van der Waals surface area contributed by atoms with E-state index in [1.165, 1.54) is 47.8 Å². The van der Waals surface area contributed by atoms with Crippen molar-refractivity contribution in [3.63, 3.8) is 0 Å². The minimum absolute atomic E-state index is 0.00270. The first-order valence-electron chi connectivity index (χ1n) is 20.1. The molecule has 0 saturated carbocycles. The third-order valence-corrected chi connectivity index (χ3v) is 9.39. The summed E-state index contributed by atoms with van der Waals surface area (Å²) in [5.74, 6) is -5.11. The van der Waals surface area contributed by atoms with Gasteiger partial charge in [-0.2, -0.15) is 0 Å². The van der Waals surface area contributed by atoms with E-state index in [0.29, 0.717) is 58.4 Å². The van der Waals surface area contributed by atoms with E-state index in [4.69, 9.17) is 0 Å². The molecule has 1 saturated heterocycles. The zero-order valence-electron chi connectivity index (χ0n) is 36.1. The quantitative estimate of drug-likeness (QED) is 0.0811. The number of carboxylic acid groups (broad SMARTS) is 3. The molecule has 1 aliphatic heterocycles. The van der Waals surface area contributed by atoms with Gasteiger partial charge in [0, 0.05) is 99.9 Å². The van der Waals surface area contributed by atoms with Gasteiger partial charge in [0.2, 0.25) is 29.5 Å². The third kappa shape index (κ3) is 25.4. The number of carboxylic acids is 3. The van der Waals surface area contributed by atoms with E-state index in [1.807, 2.05) is 18.7 Å². The van der Waals surface area contributed by atoms with Crippen molar-refractivity contribution in [3.8, 4) is 0 Å². The summed E-state index contributed by atoms with van der Waals surface area (Å²) in [6, 6.07) is 0. The van der Waals surface area contributed by atoms with Gasteiger partial charge in [-0.05, 0) is 12.8 Å². The highest BCUT2D eigenvalue weighted by molar-refractivity contribution is 5.91. The summed E-state index contributed by atoms with van der Waals surface area (Å²) >= 11 is 0. The first kappa shape index (κ1) is 54.3. The van der Waals surface area contributed by atoms with Gasteiger partial charge in [-0.25, -0.2) is 0 Å². The Morgan fingerprint density at radius 1 is 0.475 bits per heavy atom. The van der Waals surface area contributed by atoms with Crippen molar-refractivity contribution in [2.75, 3.05) is 139 Å². The van der Waals surface area contributed by atoms with E-state index in [-0.39, 0.29) is 103 Å². The second kappa shape index (κ2) is 30.3. The Kier molecular flexibility index (Phi) is 27.9. The predicted octanol–water partition coefficient (Wildman–Crippen LogP) is -2.02. The Morgan fingerprint density at radius 3 is 1.14 bits per heavy atom. The number of Topliss-reactive ketones (excluding diaryl/α,β-unsaturated/α-hetero) is 1. The van der Waals surface area contributed by atoms with E-state index in [1.54, 1.807) is 21.6 Å². The molecule has 1 rings (SSSR count). The molecule has 1 heterocycles. The number of carbonyl (C=O) groups is 9. The van der Waals surface area contributed by atoms with Gasteiger partial charge in [-0.15, -0.1) is 0 Å². The number of nitrogens with one attached hydrogen (secondary N) is 1. The SMILES string of the molecule is CC.CCC(=O)CN(C)C(=O)CN(C)C(=O)CN(C)C(=O)CN(C)C(=O)CCCCCNC(=O)CN1CCN(CC(=O)O)CCN(CC(=O)O)CCN(CC(=O)O)CC1. The standard InChI is InChI=1S/C36H63N9O12.C2H6/c1-6-28(46)20-38(2)31(49)23-40(4)33(51)24-41(5)32(50)22-39(3)30(48)10-8-7-9-11-37-29(47)21-42-12-14-43(25-34(52)53)16-18-45(27-36(56)57)19-17-44(15-13-42)26-35(54)55;1-2/h6-27H2,1-5H3,(H,37,47)(H,52,53)(H,54,55)(H,56,57);1-2H3. The number of carbonyl (C=O) groups excluding carboxylic acids is 6. The number of nitrogens with zero attached hydrogens (tertiary/aromatic N) is 8. The van der Waals surface area contributed by atoms with Crippen LogP contribution in [0, 0.1) is 0 Å². The number of rotatable bonds is 23. The zero-order valence-corrected chi connectivity index (χ0v) is 36.1. The van der Waals surface area contributed by atoms with Gasteiger partial charge in [-0.1, -0.05) is 27.2 Å². The second-order valence-electron chi connectivity index (χ2n) is 14.3. The normalized spacial score (nSPS) is 14.6. The van der Waals surface area contributed by atoms with Crippen LogP contribution in [0.5, 0.6) is 0 Å². The van der Waals surface area contributed by atoms with Crippen LogP contribution < -0.4 is 5.32 Å². The lowest BCUT2D eigenvalue weighted by atomic mass is 10.2. The Morgan fingerprint density at radius 2 is 0.797 bits per heavy atom. The van der Waals surface area contributed by atoms with Crippen molar-refractivity contribution in [3.05, 3.63) is 0 Å². The summed E-state index contributed by atoms with van der Waals surface area (Å²) in [4.78, 5) is 121. The topological polar surface area (TPSA) is 252 Å². The zero-order chi connectivity index (χ0) is 45.1. The summed E-state index contributed by atoms with van der Waals surface area (Å²) in [7, 11) is 5.82. The van der Waals surface area contributed by atoms with Crippen LogP contribution in [0.2, 0.25) is 0 Å². The average molecular weight is 844 g/mol. The fraction of sp³-hybridized carbons (Fsp3) is 0.763. The van der Waals surface area contributed by atoms with Crippen LogP contribution >= 0.6 is 0 Å². The van der Waals surface area contributed by atoms with E-state index >= 15 is 0 Å². The number of unbranched alkanes of at least 4 members (excludes halogenated alkanes) is 2. The van der Waals surface area contributed by atoms with Gasteiger partial charge in [-0.3, -0.25) is 62.8 Å². The summed E-state index contributed by atoms with van der Waals surface area (Å²) in [5.41, 5.74) is 0. The minimum atomic E-state index is -1.04. The molecule has 338 valence electrons.